The Labute approximate surface area is 185 Å². The highest BCUT2D eigenvalue weighted by atomic mass is 16.6. The molecule has 3 aliphatic rings. The molecule has 1 spiro atoms. The molecule has 2 aliphatic heterocycles. The third-order valence-corrected chi connectivity index (χ3v) is 6.67. The van der Waals surface area contributed by atoms with Crippen molar-refractivity contribution in [2.75, 3.05) is 18.6 Å². The number of amides is 2. The number of methoxy groups -OCH3 is 1. The van der Waals surface area contributed by atoms with E-state index in [1.165, 1.54) is 19.2 Å². The Morgan fingerprint density at radius 3 is 2.75 bits per heavy atom. The lowest BCUT2D eigenvalue weighted by Gasteiger charge is -2.31. The summed E-state index contributed by atoms with van der Waals surface area (Å²) in [6, 6.07) is 5.72. The predicted octanol–water partition coefficient (Wildman–Crippen LogP) is 2.57. The summed E-state index contributed by atoms with van der Waals surface area (Å²) in [5, 5.41) is 21.6. The first-order chi connectivity index (χ1) is 15.3. The molecule has 2 aromatic rings. The van der Waals surface area contributed by atoms with Crippen molar-refractivity contribution in [2.24, 2.45) is 5.41 Å². The molecular formula is C23H25N3O6. The number of hydrogen-bond acceptors (Lipinski definition) is 7. The minimum absolute atomic E-state index is 0.0151. The first-order valence-electron chi connectivity index (χ1n) is 10.6. The molecule has 1 aromatic carbocycles. The highest BCUT2D eigenvalue weighted by Crippen LogP contribution is 2.56. The lowest BCUT2D eigenvalue weighted by atomic mass is 10.0. The molecule has 1 saturated heterocycles. The molecule has 2 amide bonds. The number of fused-ring (bicyclic) bond motifs is 2. The van der Waals surface area contributed by atoms with Crippen LogP contribution in [0.5, 0.6) is 11.5 Å². The highest BCUT2D eigenvalue weighted by Gasteiger charge is 2.57. The molecule has 1 unspecified atom stereocenters. The van der Waals surface area contributed by atoms with Crippen molar-refractivity contribution in [2.45, 2.75) is 45.1 Å². The second-order valence-corrected chi connectivity index (χ2v) is 8.91. The van der Waals surface area contributed by atoms with Gasteiger partial charge in [0.1, 0.15) is 6.61 Å². The van der Waals surface area contributed by atoms with E-state index in [0.29, 0.717) is 18.7 Å². The van der Waals surface area contributed by atoms with Crippen molar-refractivity contribution in [3.63, 3.8) is 0 Å². The SMILES string of the molecule is COc1cc2c(cc1O)N(C(=O)OCc1ccc(C)cn1)C(O)[C@@H]1CC3(CC3)CN1C2=O. The normalized spacial score (nSPS) is 22.9. The zero-order valence-electron chi connectivity index (χ0n) is 17.9. The number of carbonyl (C=O) groups is 2. The molecule has 32 heavy (non-hydrogen) atoms. The standard InChI is InChI=1S/C23H25N3O6/c1-13-3-4-14(24-10-13)11-32-22(30)26-16-8-18(27)19(31-2)7-15(16)20(28)25-12-23(5-6-23)9-17(25)21(26)29/h3-4,7-8,10,17,21,27,29H,5-6,9,11-12H2,1-2H3/t17-,21?/m0/s1. The quantitative estimate of drug-likeness (QED) is 0.756. The van der Waals surface area contributed by atoms with Gasteiger partial charge in [-0.25, -0.2) is 9.69 Å². The summed E-state index contributed by atoms with van der Waals surface area (Å²) in [6.45, 7) is 2.35. The smallest absolute Gasteiger partial charge is 0.416 e. The van der Waals surface area contributed by atoms with Gasteiger partial charge in [0.25, 0.3) is 5.91 Å². The Morgan fingerprint density at radius 2 is 2.09 bits per heavy atom. The van der Waals surface area contributed by atoms with Crippen LogP contribution >= 0.6 is 0 Å². The van der Waals surface area contributed by atoms with Crippen LogP contribution in [0.1, 0.15) is 40.9 Å². The third-order valence-electron chi connectivity index (χ3n) is 6.67. The zero-order chi connectivity index (χ0) is 22.6. The number of hydrogen-bond donors (Lipinski definition) is 2. The van der Waals surface area contributed by atoms with Crippen molar-refractivity contribution < 1.29 is 29.3 Å². The number of aliphatic hydroxyl groups is 1. The average Bonchev–Trinajstić information content (AvgIpc) is 3.43. The minimum Gasteiger partial charge on any atom is -0.504 e. The number of pyridine rings is 1. The molecule has 9 nitrogen and oxygen atoms in total. The van der Waals surface area contributed by atoms with E-state index in [1.54, 1.807) is 17.2 Å². The summed E-state index contributed by atoms with van der Waals surface area (Å²) in [5.41, 5.74) is 1.81. The van der Waals surface area contributed by atoms with Crippen LogP contribution in [0.15, 0.2) is 30.5 Å². The van der Waals surface area contributed by atoms with Gasteiger partial charge in [-0.3, -0.25) is 9.78 Å². The van der Waals surface area contributed by atoms with Gasteiger partial charge in [-0.15, -0.1) is 0 Å². The molecule has 5 rings (SSSR count). The molecule has 3 heterocycles. The Hall–Kier alpha value is -3.33. The molecule has 2 fully saturated rings. The summed E-state index contributed by atoms with van der Waals surface area (Å²) in [5.74, 6) is -0.436. The summed E-state index contributed by atoms with van der Waals surface area (Å²) in [7, 11) is 1.38. The maximum absolute atomic E-state index is 13.4. The number of carbonyl (C=O) groups excluding carboxylic acids is 2. The van der Waals surface area contributed by atoms with Crippen molar-refractivity contribution in [1.29, 1.82) is 0 Å². The van der Waals surface area contributed by atoms with E-state index >= 15 is 0 Å². The van der Waals surface area contributed by atoms with Crippen LogP contribution in [0, 0.1) is 12.3 Å². The van der Waals surface area contributed by atoms with Gasteiger partial charge in [0.05, 0.1) is 30.1 Å². The molecule has 2 N–H and O–H groups in total. The summed E-state index contributed by atoms with van der Waals surface area (Å²) >= 11 is 0. The predicted molar refractivity (Wildman–Crippen MR) is 113 cm³/mol. The number of phenols is 1. The first kappa shape index (κ1) is 20.6. The fraction of sp³-hybridized carbons (Fsp3) is 0.435. The lowest BCUT2D eigenvalue weighted by molar-refractivity contribution is 0.0484. The van der Waals surface area contributed by atoms with Crippen molar-refractivity contribution >= 4 is 17.7 Å². The zero-order valence-corrected chi connectivity index (χ0v) is 17.9. The Morgan fingerprint density at radius 1 is 1.31 bits per heavy atom. The van der Waals surface area contributed by atoms with Gasteiger partial charge in [-0.05, 0) is 49.3 Å². The van der Waals surface area contributed by atoms with E-state index in [9.17, 15) is 19.8 Å². The maximum Gasteiger partial charge on any atom is 0.416 e. The molecule has 0 bridgehead atoms. The van der Waals surface area contributed by atoms with Gasteiger partial charge < -0.3 is 24.6 Å². The number of rotatable bonds is 3. The number of ether oxygens (including phenoxy) is 2. The van der Waals surface area contributed by atoms with E-state index in [2.05, 4.69) is 4.98 Å². The number of anilines is 1. The van der Waals surface area contributed by atoms with Crippen LogP contribution in [0.2, 0.25) is 0 Å². The number of nitrogens with zero attached hydrogens (tertiary/aromatic N) is 3. The molecule has 2 atom stereocenters. The summed E-state index contributed by atoms with van der Waals surface area (Å²) < 4.78 is 10.6. The molecular weight excluding hydrogens is 414 g/mol. The minimum atomic E-state index is -1.31. The molecule has 1 aromatic heterocycles. The summed E-state index contributed by atoms with van der Waals surface area (Å²) in [6.07, 6.45) is 2.14. The Bertz CT molecular complexity index is 1080. The van der Waals surface area contributed by atoms with Crippen LogP contribution in [-0.2, 0) is 11.3 Å². The van der Waals surface area contributed by atoms with Gasteiger partial charge >= 0.3 is 6.09 Å². The Balaban J connectivity index is 1.51. The maximum atomic E-state index is 13.4. The van der Waals surface area contributed by atoms with E-state index in [4.69, 9.17) is 9.47 Å². The molecule has 1 aliphatic carbocycles. The fourth-order valence-electron chi connectivity index (χ4n) is 4.68. The lowest BCUT2D eigenvalue weighted by Crippen LogP contribution is -2.50. The number of aryl methyl sites for hydroxylation is 1. The Kier molecular flexibility index (Phi) is 4.74. The largest absolute Gasteiger partial charge is 0.504 e. The van der Waals surface area contributed by atoms with Gasteiger partial charge in [0.2, 0.25) is 0 Å². The fourth-order valence-corrected chi connectivity index (χ4v) is 4.68. The molecule has 0 radical (unpaired) electrons. The van der Waals surface area contributed by atoms with Crippen LogP contribution in [0.25, 0.3) is 0 Å². The van der Waals surface area contributed by atoms with E-state index in [0.717, 1.165) is 23.3 Å². The summed E-state index contributed by atoms with van der Waals surface area (Å²) in [4.78, 5) is 33.5. The van der Waals surface area contributed by atoms with E-state index < -0.39 is 18.4 Å². The van der Waals surface area contributed by atoms with Gasteiger partial charge in [0, 0.05) is 18.8 Å². The van der Waals surface area contributed by atoms with Crippen LogP contribution in [-0.4, -0.2) is 58.0 Å². The van der Waals surface area contributed by atoms with Crippen LogP contribution in [0.3, 0.4) is 0 Å². The monoisotopic (exact) mass is 439 g/mol. The number of aliphatic hydroxyl groups excluding tert-OH is 1. The first-order valence-corrected chi connectivity index (χ1v) is 10.6. The van der Waals surface area contributed by atoms with Gasteiger partial charge in [-0.2, -0.15) is 0 Å². The number of phenolic OH excluding ortho intramolecular Hbond substituents is 1. The van der Waals surface area contributed by atoms with E-state index in [1.807, 2.05) is 13.0 Å². The van der Waals surface area contributed by atoms with Crippen molar-refractivity contribution in [3.05, 3.63) is 47.3 Å². The molecule has 168 valence electrons. The van der Waals surface area contributed by atoms with Gasteiger partial charge in [0.15, 0.2) is 17.7 Å². The number of aromatic nitrogens is 1. The van der Waals surface area contributed by atoms with Crippen molar-refractivity contribution in [3.8, 4) is 11.5 Å². The molecule has 1 saturated carbocycles. The van der Waals surface area contributed by atoms with Crippen molar-refractivity contribution in [1.82, 2.24) is 9.88 Å². The highest BCUT2D eigenvalue weighted by molar-refractivity contribution is 6.06. The van der Waals surface area contributed by atoms with Gasteiger partial charge in [-0.1, -0.05) is 6.07 Å². The second-order valence-electron chi connectivity index (χ2n) is 8.91. The topological polar surface area (TPSA) is 112 Å². The number of benzene rings is 1. The third kappa shape index (κ3) is 3.33. The average molecular weight is 439 g/mol. The van der Waals surface area contributed by atoms with E-state index in [-0.39, 0.29) is 40.7 Å². The second kappa shape index (κ2) is 7.37. The number of aromatic hydroxyl groups is 1. The van der Waals surface area contributed by atoms with Crippen LogP contribution in [0.4, 0.5) is 10.5 Å². The van der Waals surface area contributed by atoms with Crippen LogP contribution < -0.4 is 9.64 Å². The molecule has 9 heteroatoms.